The number of hydrogen-bond donors (Lipinski definition) is 1. The van der Waals surface area contributed by atoms with Crippen molar-refractivity contribution in [2.24, 2.45) is 11.8 Å². The number of piperidine rings is 1. The van der Waals surface area contributed by atoms with Crippen LogP contribution in [-0.2, 0) is 0 Å². The van der Waals surface area contributed by atoms with E-state index < -0.39 is 0 Å². The molecule has 2 aromatic heterocycles. The number of H-pyrrole nitrogens is 1. The highest BCUT2D eigenvalue weighted by Gasteiger charge is 2.58. The number of fused-ring (bicyclic) bond motifs is 2. The van der Waals surface area contributed by atoms with E-state index in [1.165, 1.54) is 48.9 Å². The van der Waals surface area contributed by atoms with E-state index in [-0.39, 0.29) is 0 Å². The van der Waals surface area contributed by atoms with E-state index >= 15 is 0 Å². The topological polar surface area (TPSA) is 49.7 Å². The first kappa shape index (κ1) is 15.9. The van der Waals surface area contributed by atoms with Gasteiger partial charge in [0.2, 0.25) is 0 Å². The maximum absolute atomic E-state index is 4.89. The van der Waals surface area contributed by atoms with Crippen LogP contribution in [0.25, 0.3) is 22.4 Å². The van der Waals surface area contributed by atoms with Gasteiger partial charge in [-0.15, -0.1) is 0 Å². The largest absolute Gasteiger partial charge is 0.340 e. The molecule has 3 aromatic rings. The van der Waals surface area contributed by atoms with E-state index in [0.29, 0.717) is 12.0 Å². The van der Waals surface area contributed by atoms with Crippen molar-refractivity contribution >= 4 is 10.9 Å². The molecule has 0 amide bonds. The summed E-state index contributed by atoms with van der Waals surface area (Å²) in [6, 6.07) is 9.69. The maximum Gasteiger partial charge on any atom is 0.158 e. The zero-order chi connectivity index (χ0) is 18.1. The van der Waals surface area contributed by atoms with Crippen molar-refractivity contribution in [1.29, 1.82) is 0 Å². The number of likely N-dealkylation sites (tertiary alicyclic amines) is 1. The molecule has 2 unspecified atom stereocenters. The van der Waals surface area contributed by atoms with Gasteiger partial charge < -0.3 is 4.98 Å². The first-order valence-electron chi connectivity index (χ1n) is 10.5. The lowest BCUT2D eigenvalue weighted by Gasteiger charge is -2.36. The van der Waals surface area contributed by atoms with Crippen LogP contribution in [0.2, 0.25) is 0 Å². The molecule has 0 bridgehead atoms. The molecular weight excluding hydrogens is 334 g/mol. The molecule has 3 heterocycles. The van der Waals surface area contributed by atoms with Gasteiger partial charge in [-0.1, -0.05) is 24.6 Å². The summed E-state index contributed by atoms with van der Waals surface area (Å²) in [4.78, 5) is 11.1. The van der Waals surface area contributed by atoms with Crippen LogP contribution in [0.15, 0.2) is 30.5 Å². The first-order chi connectivity index (χ1) is 13.2. The highest BCUT2D eigenvalue weighted by molar-refractivity contribution is 5.91. The van der Waals surface area contributed by atoms with Crippen LogP contribution < -0.4 is 0 Å². The summed E-state index contributed by atoms with van der Waals surface area (Å²) in [6.07, 6.45) is 6.34. The standard InChI is InChI=1S/C22H27N5/c1-13(2)27-19-9-4-3-8-15(19)21(25-27)22-23-10-18(24-22)20-16-11-26(12-17(16)20)14-6-5-7-14/h3-4,8-10,13-14,16-17,20H,5-7,11-12H2,1-2H3,(H,23,24). The minimum Gasteiger partial charge on any atom is -0.340 e. The number of rotatable bonds is 4. The van der Waals surface area contributed by atoms with Crippen LogP contribution in [0.4, 0.5) is 0 Å². The summed E-state index contributed by atoms with van der Waals surface area (Å²) in [5.41, 5.74) is 3.48. The van der Waals surface area contributed by atoms with E-state index in [1.54, 1.807) is 0 Å². The van der Waals surface area contributed by atoms with Gasteiger partial charge >= 0.3 is 0 Å². The molecule has 6 rings (SSSR count). The molecule has 27 heavy (non-hydrogen) atoms. The number of aromatic amines is 1. The lowest BCUT2D eigenvalue weighted by Crippen LogP contribution is -2.40. The van der Waals surface area contributed by atoms with Crippen molar-refractivity contribution in [3.8, 4) is 11.5 Å². The fraction of sp³-hybridized carbons (Fsp3) is 0.545. The van der Waals surface area contributed by atoms with Gasteiger partial charge in [0.1, 0.15) is 5.69 Å². The minimum atomic E-state index is 0.332. The lowest BCUT2D eigenvalue weighted by molar-refractivity contribution is 0.140. The van der Waals surface area contributed by atoms with Gasteiger partial charge in [0.15, 0.2) is 5.82 Å². The molecule has 2 aliphatic carbocycles. The van der Waals surface area contributed by atoms with E-state index in [9.17, 15) is 0 Å². The van der Waals surface area contributed by atoms with Crippen molar-refractivity contribution in [3.63, 3.8) is 0 Å². The Hall–Kier alpha value is -2.14. The molecule has 1 aromatic carbocycles. The fourth-order valence-corrected chi connectivity index (χ4v) is 5.35. The van der Waals surface area contributed by atoms with Gasteiger partial charge in [-0.3, -0.25) is 9.58 Å². The highest BCUT2D eigenvalue weighted by atomic mass is 15.3. The molecule has 2 saturated carbocycles. The second kappa shape index (κ2) is 5.68. The molecule has 1 aliphatic heterocycles. The first-order valence-corrected chi connectivity index (χ1v) is 10.5. The van der Waals surface area contributed by atoms with Crippen molar-refractivity contribution in [2.45, 2.75) is 51.1 Å². The molecule has 5 nitrogen and oxygen atoms in total. The maximum atomic E-state index is 4.89. The van der Waals surface area contributed by atoms with Gasteiger partial charge in [0, 0.05) is 48.4 Å². The number of nitrogens with zero attached hydrogens (tertiary/aromatic N) is 4. The lowest BCUT2D eigenvalue weighted by atomic mass is 9.91. The third-order valence-corrected chi connectivity index (χ3v) is 7.10. The van der Waals surface area contributed by atoms with E-state index in [4.69, 9.17) is 10.1 Å². The normalized spacial score (nSPS) is 28.0. The van der Waals surface area contributed by atoms with E-state index in [2.05, 4.69) is 58.9 Å². The van der Waals surface area contributed by atoms with E-state index in [1.807, 2.05) is 0 Å². The Morgan fingerprint density at radius 3 is 2.59 bits per heavy atom. The van der Waals surface area contributed by atoms with Crippen molar-refractivity contribution < 1.29 is 0 Å². The summed E-state index contributed by atoms with van der Waals surface area (Å²) in [5.74, 6) is 3.27. The smallest absolute Gasteiger partial charge is 0.158 e. The van der Waals surface area contributed by atoms with Gasteiger partial charge in [-0.25, -0.2) is 4.98 Å². The quantitative estimate of drug-likeness (QED) is 0.757. The van der Waals surface area contributed by atoms with Crippen LogP contribution >= 0.6 is 0 Å². The zero-order valence-corrected chi connectivity index (χ0v) is 16.1. The zero-order valence-electron chi connectivity index (χ0n) is 16.1. The number of imidazole rings is 1. The van der Waals surface area contributed by atoms with Gasteiger partial charge in [-0.05, 0) is 44.6 Å². The minimum absolute atomic E-state index is 0.332. The number of para-hydroxylation sites is 1. The molecule has 2 atom stereocenters. The second-order valence-electron chi connectivity index (χ2n) is 8.98. The van der Waals surface area contributed by atoms with Crippen LogP contribution in [0.3, 0.4) is 0 Å². The molecule has 3 fully saturated rings. The summed E-state index contributed by atoms with van der Waals surface area (Å²) in [6.45, 7) is 6.94. The van der Waals surface area contributed by atoms with Crippen molar-refractivity contribution in [3.05, 3.63) is 36.2 Å². The summed E-state index contributed by atoms with van der Waals surface area (Å²) in [7, 11) is 0. The van der Waals surface area contributed by atoms with Crippen molar-refractivity contribution in [2.75, 3.05) is 13.1 Å². The third kappa shape index (κ3) is 2.34. The molecule has 0 spiro atoms. The van der Waals surface area contributed by atoms with Gasteiger partial charge in [-0.2, -0.15) is 5.10 Å². The molecule has 140 valence electrons. The number of hydrogen-bond acceptors (Lipinski definition) is 3. The molecule has 0 radical (unpaired) electrons. The Labute approximate surface area is 159 Å². The molecule has 5 heteroatoms. The Morgan fingerprint density at radius 2 is 1.89 bits per heavy atom. The fourth-order valence-electron chi connectivity index (χ4n) is 5.35. The van der Waals surface area contributed by atoms with Gasteiger partial charge in [0.25, 0.3) is 0 Å². The summed E-state index contributed by atoms with van der Waals surface area (Å²) in [5, 5.41) is 6.07. The highest BCUT2D eigenvalue weighted by Crippen LogP contribution is 2.58. The SMILES string of the molecule is CC(C)n1nc(-c2ncc(C3C4CN(C5CCC5)CC43)[nH]2)c2ccccc21. The molecule has 1 saturated heterocycles. The van der Waals surface area contributed by atoms with Crippen LogP contribution in [-0.4, -0.2) is 43.8 Å². The predicted molar refractivity (Wildman–Crippen MR) is 107 cm³/mol. The average molecular weight is 361 g/mol. The Balaban J connectivity index is 1.27. The van der Waals surface area contributed by atoms with Crippen LogP contribution in [0, 0.1) is 11.8 Å². The second-order valence-corrected chi connectivity index (χ2v) is 8.98. The van der Waals surface area contributed by atoms with Crippen LogP contribution in [0.5, 0.6) is 0 Å². The summed E-state index contributed by atoms with van der Waals surface area (Å²) < 4.78 is 2.11. The Bertz CT molecular complexity index is 983. The van der Waals surface area contributed by atoms with E-state index in [0.717, 1.165) is 29.4 Å². The van der Waals surface area contributed by atoms with Gasteiger partial charge in [0.05, 0.1) is 5.52 Å². The Morgan fingerprint density at radius 1 is 1.11 bits per heavy atom. The Kier molecular flexibility index (Phi) is 3.34. The summed E-state index contributed by atoms with van der Waals surface area (Å²) >= 11 is 0. The number of nitrogens with one attached hydrogen (secondary N) is 1. The molecule has 1 N–H and O–H groups in total. The number of benzene rings is 1. The molecule has 3 aliphatic rings. The molecular formula is C22H27N5. The van der Waals surface area contributed by atoms with Crippen LogP contribution in [0.1, 0.15) is 50.8 Å². The third-order valence-electron chi connectivity index (χ3n) is 7.10. The average Bonchev–Trinajstić information content (AvgIpc) is 3.07. The number of aromatic nitrogens is 4. The predicted octanol–water partition coefficient (Wildman–Crippen LogP) is 4.21. The van der Waals surface area contributed by atoms with Crippen molar-refractivity contribution in [1.82, 2.24) is 24.6 Å². The monoisotopic (exact) mass is 361 g/mol.